The van der Waals surface area contributed by atoms with Crippen LogP contribution in [0, 0.1) is 11.3 Å². The molecule has 0 radical (unpaired) electrons. The molecule has 0 bridgehead atoms. The topological polar surface area (TPSA) is 17.1 Å². The van der Waals surface area contributed by atoms with E-state index in [1.807, 2.05) is 30.3 Å². The van der Waals surface area contributed by atoms with Crippen LogP contribution in [-0.4, -0.2) is 5.78 Å². The number of ketones is 1. The summed E-state index contributed by atoms with van der Waals surface area (Å²) in [6, 6.07) is 9.57. The van der Waals surface area contributed by atoms with E-state index in [0.29, 0.717) is 17.8 Å². The Bertz CT molecular complexity index is 332. The molecule has 1 aromatic rings. The molecule has 1 atom stereocenters. The van der Waals surface area contributed by atoms with Crippen LogP contribution in [0.1, 0.15) is 50.9 Å². The summed E-state index contributed by atoms with van der Waals surface area (Å²) in [5, 5.41) is 0. The summed E-state index contributed by atoms with van der Waals surface area (Å²) in [5.74, 6) is 0.713. The van der Waals surface area contributed by atoms with E-state index < -0.39 is 0 Å². The van der Waals surface area contributed by atoms with Crippen LogP contribution in [0.2, 0.25) is 0 Å². The highest BCUT2D eigenvalue weighted by Gasteiger charge is 2.18. The average molecular weight is 218 g/mol. The zero-order chi connectivity index (χ0) is 12.2. The number of benzene rings is 1. The highest BCUT2D eigenvalue weighted by Crippen LogP contribution is 2.26. The van der Waals surface area contributed by atoms with E-state index in [0.717, 1.165) is 12.0 Å². The van der Waals surface area contributed by atoms with Crippen LogP contribution < -0.4 is 0 Å². The van der Waals surface area contributed by atoms with Gasteiger partial charge in [0.1, 0.15) is 0 Å². The van der Waals surface area contributed by atoms with E-state index in [2.05, 4.69) is 27.7 Å². The summed E-state index contributed by atoms with van der Waals surface area (Å²) in [6.45, 7) is 8.82. The van der Waals surface area contributed by atoms with E-state index in [9.17, 15) is 4.79 Å². The fourth-order valence-corrected chi connectivity index (χ4v) is 2.18. The fraction of sp³-hybridized carbons (Fsp3) is 0.533. The second-order valence-corrected chi connectivity index (χ2v) is 5.86. The number of carbonyl (C=O) groups excluding carboxylic acids is 1. The molecule has 1 aromatic carbocycles. The first-order valence-electron chi connectivity index (χ1n) is 5.97. The van der Waals surface area contributed by atoms with Crippen molar-refractivity contribution in [2.24, 2.45) is 11.3 Å². The smallest absolute Gasteiger partial charge is 0.163 e. The minimum atomic E-state index is 0.261. The molecule has 16 heavy (non-hydrogen) atoms. The van der Waals surface area contributed by atoms with Crippen molar-refractivity contribution < 1.29 is 4.79 Å². The van der Waals surface area contributed by atoms with Crippen LogP contribution in [0.15, 0.2) is 30.3 Å². The first-order valence-corrected chi connectivity index (χ1v) is 5.97. The van der Waals surface area contributed by atoms with Crippen LogP contribution in [0.4, 0.5) is 0 Å². The maximum Gasteiger partial charge on any atom is 0.163 e. The number of hydrogen-bond acceptors (Lipinski definition) is 1. The standard InChI is InChI=1S/C15H22O/c1-12(11-15(2,3)4)10-14(16)13-8-6-5-7-9-13/h5-9,12H,10-11H2,1-4H3. The molecular weight excluding hydrogens is 196 g/mol. The molecule has 0 aliphatic carbocycles. The molecule has 0 N–H and O–H groups in total. The minimum absolute atomic E-state index is 0.261. The number of hydrogen-bond donors (Lipinski definition) is 0. The molecule has 1 rings (SSSR count). The number of rotatable bonds is 4. The second-order valence-electron chi connectivity index (χ2n) is 5.86. The first kappa shape index (κ1) is 13.0. The van der Waals surface area contributed by atoms with Crippen molar-refractivity contribution in [3.05, 3.63) is 35.9 Å². The zero-order valence-corrected chi connectivity index (χ0v) is 10.8. The van der Waals surface area contributed by atoms with Crippen molar-refractivity contribution in [1.29, 1.82) is 0 Å². The highest BCUT2D eigenvalue weighted by atomic mass is 16.1. The molecule has 0 saturated heterocycles. The quantitative estimate of drug-likeness (QED) is 0.687. The predicted octanol–water partition coefficient (Wildman–Crippen LogP) is 4.33. The van der Waals surface area contributed by atoms with E-state index in [1.165, 1.54) is 0 Å². The highest BCUT2D eigenvalue weighted by molar-refractivity contribution is 5.96. The molecule has 1 heteroatoms. The van der Waals surface area contributed by atoms with Crippen LogP contribution in [-0.2, 0) is 0 Å². The lowest BCUT2D eigenvalue weighted by Gasteiger charge is -2.22. The summed E-state index contributed by atoms with van der Waals surface area (Å²) in [4.78, 5) is 11.9. The number of carbonyl (C=O) groups is 1. The Balaban J connectivity index is 2.53. The summed E-state index contributed by atoms with van der Waals surface area (Å²) in [6.07, 6.45) is 1.74. The van der Waals surface area contributed by atoms with E-state index in [4.69, 9.17) is 0 Å². The molecular formula is C15H22O. The first-order chi connectivity index (χ1) is 7.38. The Morgan fingerprint density at radius 1 is 1.19 bits per heavy atom. The van der Waals surface area contributed by atoms with Gasteiger partial charge in [-0.3, -0.25) is 4.79 Å². The van der Waals surface area contributed by atoms with Crippen molar-refractivity contribution in [1.82, 2.24) is 0 Å². The molecule has 0 fully saturated rings. The fourth-order valence-electron chi connectivity index (χ4n) is 2.18. The molecule has 1 nitrogen and oxygen atoms in total. The third-order valence-corrected chi connectivity index (χ3v) is 2.59. The molecule has 0 amide bonds. The third-order valence-electron chi connectivity index (χ3n) is 2.59. The van der Waals surface area contributed by atoms with Crippen LogP contribution in [0.25, 0.3) is 0 Å². The second kappa shape index (κ2) is 5.29. The van der Waals surface area contributed by atoms with Crippen molar-refractivity contribution in [3.63, 3.8) is 0 Å². The van der Waals surface area contributed by atoms with Gasteiger partial charge in [-0.15, -0.1) is 0 Å². The van der Waals surface area contributed by atoms with Gasteiger partial charge in [-0.2, -0.15) is 0 Å². The lowest BCUT2D eigenvalue weighted by molar-refractivity contribution is 0.0954. The largest absolute Gasteiger partial charge is 0.294 e. The van der Waals surface area contributed by atoms with Gasteiger partial charge in [-0.05, 0) is 17.8 Å². The van der Waals surface area contributed by atoms with Gasteiger partial charge in [0.2, 0.25) is 0 Å². The molecule has 0 heterocycles. The van der Waals surface area contributed by atoms with Gasteiger partial charge in [-0.25, -0.2) is 0 Å². The van der Waals surface area contributed by atoms with Crippen molar-refractivity contribution in [3.8, 4) is 0 Å². The Hall–Kier alpha value is -1.11. The molecule has 1 unspecified atom stereocenters. The average Bonchev–Trinajstić information content (AvgIpc) is 2.16. The van der Waals surface area contributed by atoms with Gasteiger partial charge < -0.3 is 0 Å². The maximum absolute atomic E-state index is 11.9. The Morgan fingerprint density at radius 3 is 2.25 bits per heavy atom. The van der Waals surface area contributed by atoms with Crippen LogP contribution in [0.5, 0.6) is 0 Å². The molecule has 0 aromatic heterocycles. The summed E-state index contributed by atoms with van der Waals surface area (Å²) in [5.41, 5.74) is 1.14. The van der Waals surface area contributed by atoms with E-state index in [1.54, 1.807) is 0 Å². The number of Topliss-reactive ketones (excluding diaryl/α,β-unsaturated/α-hetero) is 1. The van der Waals surface area contributed by atoms with Gasteiger partial charge in [0, 0.05) is 12.0 Å². The summed E-state index contributed by atoms with van der Waals surface area (Å²) < 4.78 is 0. The third kappa shape index (κ3) is 4.61. The van der Waals surface area contributed by atoms with Gasteiger partial charge >= 0.3 is 0 Å². The van der Waals surface area contributed by atoms with Gasteiger partial charge in [0.05, 0.1) is 0 Å². The molecule has 0 spiro atoms. The van der Waals surface area contributed by atoms with E-state index >= 15 is 0 Å². The van der Waals surface area contributed by atoms with Crippen LogP contribution in [0.3, 0.4) is 0 Å². The lowest BCUT2D eigenvalue weighted by Crippen LogP contribution is -2.14. The molecule has 0 aliphatic heterocycles. The van der Waals surface area contributed by atoms with Gasteiger partial charge in [0.15, 0.2) is 5.78 Å². The summed E-state index contributed by atoms with van der Waals surface area (Å²) >= 11 is 0. The lowest BCUT2D eigenvalue weighted by atomic mass is 9.83. The van der Waals surface area contributed by atoms with Crippen molar-refractivity contribution >= 4 is 5.78 Å². The normalized spacial score (nSPS) is 13.5. The zero-order valence-electron chi connectivity index (χ0n) is 10.8. The predicted molar refractivity (Wildman–Crippen MR) is 68.6 cm³/mol. The SMILES string of the molecule is CC(CC(=O)c1ccccc1)CC(C)(C)C. The minimum Gasteiger partial charge on any atom is -0.294 e. The molecule has 0 saturated carbocycles. The van der Waals surface area contributed by atoms with Gasteiger partial charge in [-0.1, -0.05) is 58.0 Å². The van der Waals surface area contributed by atoms with E-state index in [-0.39, 0.29) is 5.78 Å². The molecule has 0 aliphatic rings. The van der Waals surface area contributed by atoms with Crippen LogP contribution >= 0.6 is 0 Å². The molecule has 88 valence electrons. The van der Waals surface area contributed by atoms with Gasteiger partial charge in [0.25, 0.3) is 0 Å². The maximum atomic E-state index is 11.9. The van der Waals surface area contributed by atoms with Crippen molar-refractivity contribution in [2.75, 3.05) is 0 Å². The monoisotopic (exact) mass is 218 g/mol. The Morgan fingerprint density at radius 2 is 1.75 bits per heavy atom. The Labute approximate surface area is 98.9 Å². The van der Waals surface area contributed by atoms with Crippen molar-refractivity contribution in [2.45, 2.75) is 40.5 Å². The Kier molecular flexibility index (Phi) is 4.28. The summed E-state index contributed by atoms with van der Waals surface area (Å²) in [7, 11) is 0.